The zero-order valence-electron chi connectivity index (χ0n) is 13.7. The Morgan fingerprint density at radius 1 is 1.50 bits per heavy atom. The first-order chi connectivity index (χ1) is 11.3. The van der Waals surface area contributed by atoms with E-state index in [1.54, 1.807) is 6.92 Å². The highest BCUT2D eigenvalue weighted by atomic mass is 32.2. The predicted octanol–water partition coefficient (Wildman–Crippen LogP) is -0.902. The number of nitrogens with one attached hydrogen (secondary N) is 1. The maximum absolute atomic E-state index is 12.2. The largest absolute Gasteiger partial charge is 0.393 e. The van der Waals surface area contributed by atoms with E-state index in [9.17, 15) is 18.9 Å². The highest BCUT2D eigenvalue weighted by Crippen LogP contribution is 2.46. The van der Waals surface area contributed by atoms with Crippen LogP contribution in [0.5, 0.6) is 0 Å². The summed E-state index contributed by atoms with van der Waals surface area (Å²) < 4.78 is 22.4. The number of amides is 1. The van der Waals surface area contributed by atoms with E-state index in [0.29, 0.717) is 18.8 Å². The Morgan fingerprint density at radius 2 is 2.21 bits per heavy atom. The molecule has 2 unspecified atom stereocenters. The monoisotopic (exact) mass is 357 g/mol. The van der Waals surface area contributed by atoms with Gasteiger partial charge in [0.05, 0.1) is 23.8 Å². The number of rotatable bonds is 6. The topological polar surface area (TPSA) is 110 Å². The van der Waals surface area contributed by atoms with E-state index in [2.05, 4.69) is 9.62 Å². The third-order valence-corrected chi connectivity index (χ3v) is 5.94. The maximum atomic E-state index is 12.2. The van der Waals surface area contributed by atoms with Crippen molar-refractivity contribution in [3.05, 3.63) is 11.3 Å². The number of aldehydes is 1. The van der Waals surface area contributed by atoms with E-state index in [-0.39, 0.29) is 23.9 Å². The molecule has 1 amide bonds. The number of carbonyl (C=O) groups is 2. The molecule has 0 aromatic heterocycles. The van der Waals surface area contributed by atoms with Gasteiger partial charge < -0.3 is 10.0 Å². The second-order valence-electron chi connectivity index (χ2n) is 6.87. The van der Waals surface area contributed by atoms with Gasteiger partial charge in [0.2, 0.25) is 17.2 Å². The summed E-state index contributed by atoms with van der Waals surface area (Å²) in [6.07, 6.45) is 0.761. The van der Waals surface area contributed by atoms with E-state index >= 15 is 0 Å². The summed E-state index contributed by atoms with van der Waals surface area (Å²) in [6.45, 7) is 5.53. The average molecular weight is 357 g/mol. The molecule has 3 aliphatic heterocycles. The molecule has 2 saturated heterocycles. The van der Waals surface area contributed by atoms with Crippen LogP contribution >= 0.6 is 0 Å². The molecule has 8 nitrogen and oxygen atoms in total. The molecule has 0 radical (unpaired) electrons. The first-order valence-electron chi connectivity index (χ1n) is 8.13. The number of hydrogen-bond acceptors (Lipinski definition) is 5. The van der Waals surface area contributed by atoms with Crippen LogP contribution in [-0.4, -0.2) is 73.7 Å². The molecule has 0 aromatic rings. The summed E-state index contributed by atoms with van der Waals surface area (Å²) in [5.41, 5.74) is 1.34. The normalized spacial score (nSPS) is 35.8. The number of aliphatic hydroxyl groups excluding tert-OH is 1. The summed E-state index contributed by atoms with van der Waals surface area (Å²) >= 11 is -2.03. The van der Waals surface area contributed by atoms with Crippen molar-refractivity contribution in [3.8, 4) is 0 Å². The van der Waals surface area contributed by atoms with Crippen LogP contribution in [0.25, 0.3) is 0 Å². The van der Waals surface area contributed by atoms with Gasteiger partial charge in [0, 0.05) is 31.6 Å². The van der Waals surface area contributed by atoms with E-state index in [1.807, 2.05) is 6.92 Å². The lowest BCUT2D eigenvalue weighted by Crippen LogP contribution is -2.63. The summed E-state index contributed by atoms with van der Waals surface area (Å²) in [5.74, 6) is -0.616. The molecule has 24 heavy (non-hydrogen) atoms. The van der Waals surface area contributed by atoms with Crippen molar-refractivity contribution >= 4 is 23.5 Å². The Morgan fingerprint density at radius 3 is 2.79 bits per heavy atom. The fourth-order valence-corrected chi connectivity index (χ4v) is 4.72. The fourth-order valence-electron chi connectivity index (χ4n) is 4.25. The molecule has 2 fully saturated rings. The molecule has 3 aliphatic rings. The molecule has 0 aliphatic carbocycles. The van der Waals surface area contributed by atoms with Gasteiger partial charge >= 0.3 is 0 Å². The second kappa shape index (κ2) is 6.64. The minimum Gasteiger partial charge on any atom is -0.393 e. The Labute approximate surface area is 143 Å². The van der Waals surface area contributed by atoms with Crippen LogP contribution < -0.4 is 4.72 Å². The SMILES string of the molecule is C[C@@H](O)C1C(=O)N2C(C=O)=C(CN3CC[C@H](NS(=O)O)C3)[C@H](C)[C@H]12. The van der Waals surface area contributed by atoms with Gasteiger partial charge in [-0.25, -0.2) is 8.93 Å². The molecule has 6 atom stereocenters. The van der Waals surface area contributed by atoms with E-state index in [1.165, 1.54) is 4.90 Å². The molecule has 0 saturated carbocycles. The smallest absolute Gasteiger partial charge is 0.235 e. The van der Waals surface area contributed by atoms with Gasteiger partial charge in [0.25, 0.3) is 0 Å². The molecule has 134 valence electrons. The summed E-state index contributed by atoms with van der Waals surface area (Å²) in [4.78, 5) is 27.4. The number of hydrogen-bond donors (Lipinski definition) is 3. The van der Waals surface area contributed by atoms with Crippen molar-refractivity contribution in [1.82, 2.24) is 14.5 Å². The van der Waals surface area contributed by atoms with Crippen LogP contribution in [0.4, 0.5) is 0 Å². The van der Waals surface area contributed by atoms with Crippen molar-refractivity contribution in [2.45, 2.75) is 38.5 Å². The maximum Gasteiger partial charge on any atom is 0.235 e. The standard InChI is InChI=1S/C15H23N3O5S/c1-8-11(6-17-4-3-10(5-17)16-24(22)23)12(7-19)18-14(8)13(9(2)20)15(18)21/h7-10,13-14,16,20H,3-6H2,1-2H3,(H,22,23)/t8-,9+,10-,13?,14+/m0/s1. The lowest BCUT2D eigenvalue weighted by Gasteiger charge is -2.46. The molecule has 0 spiro atoms. The van der Waals surface area contributed by atoms with Gasteiger partial charge in [-0.05, 0) is 18.9 Å². The lowest BCUT2D eigenvalue weighted by atomic mass is 9.77. The molecule has 3 N–H and O–H groups in total. The van der Waals surface area contributed by atoms with Gasteiger partial charge in [0.15, 0.2) is 6.29 Å². The van der Waals surface area contributed by atoms with Crippen molar-refractivity contribution < 1.29 is 23.5 Å². The Kier molecular flexibility index (Phi) is 4.89. The van der Waals surface area contributed by atoms with Crippen LogP contribution in [-0.2, 0) is 20.9 Å². The van der Waals surface area contributed by atoms with Gasteiger partial charge in [-0.15, -0.1) is 0 Å². The van der Waals surface area contributed by atoms with Crippen molar-refractivity contribution in [3.63, 3.8) is 0 Å². The molecule has 0 bridgehead atoms. The predicted molar refractivity (Wildman–Crippen MR) is 86.8 cm³/mol. The number of nitrogens with zero attached hydrogens (tertiary/aromatic N) is 2. The molecule has 3 rings (SSSR count). The Bertz CT molecular complexity index is 608. The minimum absolute atomic E-state index is 0.0153. The van der Waals surface area contributed by atoms with Crippen LogP contribution in [0, 0.1) is 11.8 Å². The first kappa shape index (κ1) is 17.7. The van der Waals surface area contributed by atoms with Gasteiger partial charge in [0.1, 0.15) is 0 Å². The summed E-state index contributed by atoms with van der Waals surface area (Å²) in [5, 5.41) is 9.83. The van der Waals surface area contributed by atoms with E-state index in [4.69, 9.17) is 4.55 Å². The lowest BCUT2D eigenvalue weighted by molar-refractivity contribution is -0.160. The summed E-state index contributed by atoms with van der Waals surface area (Å²) in [7, 11) is 0. The Balaban J connectivity index is 1.72. The van der Waals surface area contributed by atoms with Gasteiger partial charge in [-0.2, -0.15) is 0 Å². The van der Waals surface area contributed by atoms with E-state index < -0.39 is 23.3 Å². The van der Waals surface area contributed by atoms with Gasteiger partial charge in [-0.3, -0.25) is 19.0 Å². The van der Waals surface area contributed by atoms with Crippen LogP contribution in [0.1, 0.15) is 20.3 Å². The third-order valence-electron chi connectivity index (χ3n) is 5.40. The molecular formula is C15H23N3O5S. The van der Waals surface area contributed by atoms with Gasteiger partial charge in [-0.1, -0.05) is 6.92 Å². The zero-order chi connectivity index (χ0) is 17.6. The number of likely N-dealkylation sites (tertiary alicyclic amines) is 1. The second-order valence-corrected chi connectivity index (χ2v) is 7.60. The quantitative estimate of drug-likeness (QED) is 0.323. The molecule has 9 heteroatoms. The van der Waals surface area contributed by atoms with Crippen molar-refractivity contribution in [2.24, 2.45) is 11.8 Å². The number of fused-ring (bicyclic) bond motifs is 1. The number of β-lactam (4-membered cyclic amide) rings is 1. The average Bonchev–Trinajstić information content (AvgIpc) is 3.01. The minimum atomic E-state index is -2.03. The third kappa shape index (κ3) is 2.84. The van der Waals surface area contributed by atoms with Crippen molar-refractivity contribution in [1.29, 1.82) is 0 Å². The number of allylic oxidation sites excluding steroid dienone is 1. The number of aliphatic hydroxyl groups is 1. The fraction of sp³-hybridized carbons (Fsp3) is 0.733. The van der Waals surface area contributed by atoms with Crippen LogP contribution in [0.15, 0.2) is 11.3 Å². The zero-order valence-corrected chi connectivity index (χ0v) is 14.5. The molecule has 0 aromatic carbocycles. The first-order valence-corrected chi connectivity index (χ1v) is 9.24. The molecular weight excluding hydrogens is 334 g/mol. The summed E-state index contributed by atoms with van der Waals surface area (Å²) in [6, 6.07) is -0.203. The van der Waals surface area contributed by atoms with Crippen molar-refractivity contribution in [2.75, 3.05) is 19.6 Å². The number of carbonyl (C=O) groups excluding carboxylic acids is 2. The van der Waals surface area contributed by atoms with E-state index in [0.717, 1.165) is 24.8 Å². The molecule has 3 heterocycles. The van der Waals surface area contributed by atoms with Crippen LogP contribution in [0.3, 0.4) is 0 Å². The highest BCUT2D eigenvalue weighted by molar-refractivity contribution is 7.77. The highest BCUT2D eigenvalue weighted by Gasteiger charge is 2.58. The van der Waals surface area contributed by atoms with Crippen LogP contribution in [0.2, 0.25) is 0 Å². The Hall–Kier alpha value is -1.13.